The van der Waals surface area contributed by atoms with Crippen molar-refractivity contribution in [1.29, 1.82) is 0 Å². The van der Waals surface area contributed by atoms with Crippen LogP contribution < -0.4 is 0 Å². The third-order valence-corrected chi connectivity index (χ3v) is 9.37. The van der Waals surface area contributed by atoms with Crippen molar-refractivity contribution in [3.05, 3.63) is 141 Å². The molecular formula is C37H22I2N4. The van der Waals surface area contributed by atoms with Gasteiger partial charge in [0.05, 0.1) is 11.0 Å². The van der Waals surface area contributed by atoms with Crippen LogP contribution in [0.5, 0.6) is 0 Å². The highest BCUT2D eigenvalue weighted by Gasteiger charge is 2.21. The van der Waals surface area contributed by atoms with E-state index in [2.05, 4.69) is 169 Å². The van der Waals surface area contributed by atoms with Gasteiger partial charge in [0.25, 0.3) is 0 Å². The molecule has 6 heteroatoms. The zero-order chi connectivity index (χ0) is 28.9. The topological polar surface area (TPSA) is 43.6 Å². The van der Waals surface area contributed by atoms with Gasteiger partial charge in [0.15, 0.2) is 0 Å². The molecule has 8 rings (SSSR count). The van der Waals surface area contributed by atoms with E-state index in [0.717, 1.165) is 61.1 Å². The summed E-state index contributed by atoms with van der Waals surface area (Å²) in [4.78, 5) is 13.9. The zero-order valence-corrected chi connectivity index (χ0v) is 27.1. The number of aromatic nitrogens is 4. The molecule has 0 bridgehead atoms. The highest BCUT2D eigenvalue weighted by atomic mass is 127. The molecule has 0 saturated heterocycles. The standard InChI is InChI=1S/C37H22I2N4/c38-28-5-1-25(2-6-28)37-42-35-31-11-3-26(23-13-17-40-18-14-23)21-33(31)34-22-27(24-15-19-41-20-16-24)4-12-32(34)36(35)43(37)30-9-7-29(39)8-10-30/h1-22H. The van der Waals surface area contributed by atoms with Crippen LogP contribution in [0.4, 0.5) is 0 Å². The second kappa shape index (κ2) is 10.8. The van der Waals surface area contributed by atoms with Gasteiger partial charge in [0, 0.05) is 54.0 Å². The van der Waals surface area contributed by atoms with Crippen LogP contribution in [0.15, 0.2) is 134 Å². The van der Waals surface area contributed by atoms with E-state index in [9.17, 15) is 0 Å². The molecule has 0 radical (unpaired) electrons. The van der Waals surface area contributed by atoms with Gasteiger partial charge in [-0.15, -0.1) is 0 Å². The summed E-state index contributed by atoms with van der Waals surface area (Å²) in [6, 6.07) is 39.1. The summed E-state index contributed by atoms with van der Waals surface area (Å²) in [6.07, 6.45) is 7.39. The Morgan fingerprint density at radius 1 is 0.442 bits per heavy atom. The maximum absolute atomic E-state index is 5.41. The average Bonchev–Trinajstić information content (AvgIpc) is 3.47. The normalized spacial score (nSPS) is 11.5. The first-order chi connectivity index (χ1) is 21.1. The number of imidazole rings is 1. The van der Waals surface area contributed by atoms with Crippen molar-refractivity contribution in [3.63, 3.8) is 0 Å². The quantitative estimate of drug-likeness (QED) is 0.132. The number of benzene rings is 5. The average molecular weight is 776 g/mol. The molecule has 0 N–H and O–H groups in total. The van der Waals surface area contributed by atoms with Gasteiger partial charge in [-0.05, 0) is 151 Å². The number of rotatable bonds is 4. The number of halogens is 2. The third-order valence-electron chi connectivity index (χ3n) is 7.93. The Balaban J connectivity index is 1.53. The molecule has 0 aliphatic carbocycles. The van der Waals surface area contributed by atoms with Gasteiger partial charge in [-0.3, -0.25) is 14.5 Å². The Hall–Kier alpha value is -4.15. The summed E-state index contributed by atoms with van der Waals surface area (Å²) in [5, 5.41) is 4.65. The van der Waals surface area contributed by atoms with Gasteiger partial charge in [-0.2, -0.15) is 0 Å². The second-order valence-electron chi connectivity index (χ2n) is 10.4. The number of hydrogen-bond acceptors (Lipinski definition) is 3. The van der Waals surface area contributed by atoms with E-state index in [0.29, 0.717) is 0 Å². The van der Waals surface area contributed by atoms with Gasteiger partial charge in [0.2, 0.25) is 0 Å². The van der Waals surface area contributed by atoms with Crippen LogP contribution in [0.3, 0.4) is 0 Å². The smallest absolute Gasteiger partial charge is 0.145 e. The van der Waals surface area contributed by atoms with Gasteiger partial charge in [-0.1, -0.05) is 36.4 Å². The van der Waals surface area contributed by atoms with Crippen LogP contribution in [0.2, 0.25) is 0 Å². The molecule has 0 amide bonds. The van der Waals surface area contributed by atoms with Gasteiger partial charge < -0.3 is 0 Å². The molecule has 43 heavy (non-hydrogen) atoms. The highest BCUT2D eigenvalue weighted by Crippen LogP contribution is 2.41. The van der Waals surface area contributed by atoms with Crippen LogP contribution in [-0.4, -0.2) is 19.5 Å². The van der Waals surface area contributed by atoms with Crippen molar-refractivity contribution in [2.75, 3.05) is 0 Å². The van der Waals surface area contributed by atoms with Crippen LogP contribution in [0.25, 0.3) is 71.9 Å². The lowest BCUT2D eigenvalue weighted by Crippen LogP contribution is -1.98. The molecular weight excluding hydrogens is 754 g/mol. The Kier molecular flexibility index (Phi) is 6.68. The molecule has 204 valence electrons. The van der Waals surface area contributed by atoms with Crippen LogP contribution in [-0.2, 0) is 0 Å². The summed E-state index contributed by atoms with van der Waals surface area (Å²) >= 11 is 4.72. The van der Waals surface area contributed by atoms with E-state index in [1.54, 1.807) is 0 Å². The Bertz CT molecular complexity index is 2280. The van der Waals surface area contributed by atoms with Crippen molar-refractivity contribution in [2.24, 2.45) is 0 Å². The molecule has 4 nitrogen and oxygen atoms in total. The first-order valence-electron chi connectivity index (χ1n) is 13.9. The van der Waals surface area contributed by atoms with Crippen molar-refractivity contribution in [1.82, 2.24) is 19.5 Å². The molecule has 3 heterocycles. The van der Waals surface area contributed by atoms with Crippen molar-refractivity contribution < 1.29 is 0 Å². The van der Waals surface area contributed by atoms with E-state index in [1.807, 2.05) is 24.8 Å². The first kappa shape index (κ1) is 26.5. The second-order valence-corrected chi connectivity index (χ2v) is 12.9. The molecule has 0 spiro atoms. The first-order valence-corrected chi connectivity index (χ1v) is 16.0. The lowest BCUT2D eigenvalue weighted by Gasteiger charge is -2.14. The Morgan fingerprint density at radius 3 is 1.51 bits per heavy atom. The fourth-order valence-corrected chi connectivity index (χ4v) is 6.60. The van der Waals surface area contributed by atoms with Crippen LogP contribution in [0.1, 0.15) is 0 Å². The van der Waals surface area contributed by atoms with Crippen molar-refractivity contribution in [2.45, 2.75) is 0 Å². The Morgan fingerprint density at radius 2 is 0.930 bits per heavy atom. The molecule has 8 aromatic rings. The van der Waals surface area contributed by atoms with Gasteiger partial charge >= 0.3 is 0 Å². The molecule has 0 aliphatic heterocycles. The lowest BCUT2D eigenvalue weighted by atomic mass is 9.93. The number of fused-ring (bicyclic) bond motifs is 6. The molecule has 0 fully saturated rings. The van der Waals surface area contributed by atoms with Gasteiger partial charge in [0.1, 0.15) is 5.82 Å². The van der Waals surface area contributed by atoms with E-state index in [1.165, 1.54) is 17.9 Å². The highest BCUT2D eigenvalue weighted by molar-refractivity contribution is 14.1. The SMILES string of the molecule is Ic1ccc(-c2nc3c4ccc(-c5ccncc5)cc4c4cc(-c5ccncc5)ccc4c3n2-c2ccc(I)cc2)cc1. The van der Waals surface area contributed by atoms with Crippen LogP contribution >= 0.6 is 45.2 Å². The molecule has 3 aromatic heterocycles. The predicted molar refractivity (Wildman–Crippen MR) is 193 cm³/mol. The summed E-state index contributed by atoms with van der Waals surface area (Å²) in [7, 11) is 0. The number of pyridine rings is 2. The maximum atomic E-state index is 5.41. The van der Waals surface area contributed by atoms with E-state index >= 15 is 0 Å². The van der Waals surface area contributed by atoms with Crippen molar-refractivity contribution in [3.8, 4) is 39.3 Å². The lowest BCUT2D eigenvalue weighted by molar-refractivity contribution is 1.10. The van der Waals surface area contributed by atoms with Gasteiger partial charge in [-0.25, -0.2) is 4.98 Å². The third kappa shape index (κ3) is 4.69. The summed E-state index contributed by atoms with van der Waals surface area (Å²) in [5.41, 5.74) is 8.85. The van der Waals surface area contributed by atoms with Crippen LogP contribution in [0, 0.1) is 7.14 Å². The van der Waals surface area contributed by atoms with E-state index in [-0.39, 0.29) is 0 Å². The molecule has 0 aliphatic rings. The summed E-state index contributed by atoms with van der Waals surface area (Å²) in [5.74, 6) is 0.929. The molecule has 0 saturated carbocycles. The number of nitrogens with zero attached hydrogens (tertiary/aromatic N) is 4. The number of hydrogen-bond donors (Lipinski definition) is 0. The van der Waals surface area contributed by atoms with E-state index < -0.39 is 0 Å². The monoisotopic (exact) mass is 776 g/mol. The fraction of sp³-hybridized carbons (Fsp3) is 0. The summed E-state index contributed by atoms with van der Waals surface area (Å²) in [6.45, 7) is 0. The minimum absolute atomic E-state index is 0.929. The zero-order valence-electron chi connectivity index (χ0n) is 22.7. The fourth-order valence-electron chi connectivity index (χ4n) is 5.89. The Labute approximate surface area is 275 Å². The largest absolute Gasteiger partial charge is 0.292 e. The molecule has 0 unspecified atom stereocenters. The molecule has 0 atom stereocenters. The van der Waals surface area contributed by atoms with Crippen molar-refractivity contribution >= 4 is 77.8 Å². The molecule has 5 aromatic carbocycles. The van der Waals surface area contributed by atoms with E-state index in [4.69, 9.17) is 4.98 Å². The minimum Gasteiger partial charge on any atom is -0.292 e. The minimum atomic E-state index is 0.929. The maximum Gasteiger partial charge on any atom is 0.145 e. The summed E-state index contributed by atoms with van der Waals surface area (Å²) < 4.78 is 4.72. The predicted octanol–water partition coefficient (Wildman–Crippen LogP) is 10.3.